The average molecular weight is 233 g/mol. The van der Waals surface area contributed by atoms with Crippen LogP contribution in [0.5, 0.6) is 0 Å². The van der Waals surface area contributed by atoms with Gasteiger partial charge in [-0.2, -0.15) is 5.10 Å². The number of methoxy groups -OCH3 is 1. The quantitative estimate of drug-likeness (QED) is 0.812. The number of nitrogens with two attached hydrogens (primary N) is 1. The van der Waals surface area contributed by atoms with Crippen LogP contribution in [0.25, 0.3) is 0 Å². The highest BCUT2D eigenvalue weighted by Crippen LogP contribution is 2.18. The van der Waals surface area contributed by atoms with Crippen molar-refractivity contribution in [3.05, 3.63) is 30.7 Å². The monoisotopic (exact) mass is 233 g/mol. The van der Waals surface area contributed by atoms with Gasteiger partial charge < -0.3 is 15.8 Å². The first-order chi connectivity index (χ1) is 8.29. The second kappa shape index (κ2) is 5.31. The van der Waals surface area contributed by atoms with E-state index < -0.39 is 0 Å². The number of nitrogen functional groups attached to an aromatic ring is 1. The summed E-state index contributed by atoms with van der Waals surface area (Å²) in [6.45, 7) is 1.35. The van der Waals surface area contributed by atoms with Gasteiger partial charge in [0.05, 0.1) is 30.7 Å². The minimum Gasteiger partial charge on any atom is -0.396 e. The summed E-state index contributed by atoms with van der Waals surface area (Å²) < 4.78 is 6.78. The van der Waals surface area contributed by atoms with Gasteiger partial charge >= 0.3 is 0 Å². The lowest BCUT2D eigenvalue weighted by Crippen LogP contribution is -2.04. The van der Waals surface area contributed by atoms with Crippen LogP contribution >= 0.6 is 0 Å². The van der Waals surface area contributed by atoms with Gasteiger partial charge in [-0.25, -0.2) is 4.98 Å². The Morgan fingerprint density at radius 1 is 1.53 bits per heavy atom. The third-order valence-electron chi connectivity index (χ3n) is 2.26. The number of aromatic nitrogens is 3. The van der Waals surface area contributed by atoms with Gasteiger partial charge in [-0.1, -0.05) is 0 Å². The van der Waals surface area contributed by atoms with E-state index >= 15 is 0 Å². The van der Waals surface area contributed by atoms with Gasteiger partial charge in [0.15, 0.2) is 5.82 Å². The van der Waals surface area contributed by atoms with Crippen molar-refractivity contribution in [2.45, 2.75) is 6.54 Å². The van der Waals surface area contributed by atoms with Crippen molar-refractivity contribution < 1.29 is 4.74 Å². The largest absolute Gasteiger partial charge is 0.396 e. The summed E-state index contributed by atoms with van der Waals surface area (Å²) in [5.74, 6) is 0.638. The van der Waals surface area contributed by atoms with Gasteiger partial charge in [-0.15, -0.1) is 0 Å². The Labute approximate surface area is 99.4 Å². The fourth-order valence-electron chi connectivity index (χ4n) is 1.39. The Hall–Kier alpha value is -2.08. The van der Waals surface area contributed by atoms with Crippen molar-refractivity contribution in [1.82, 2.24) is 14.8 Å². The molecule has 90 valence electrons. The molecule has 2 rings (SSSR count). The average Bonchev–Trinajstić information content (AvgIpc) is 2.77. The van der Waals surface area contributed by atoms with Gasteiger partial charge in [-0.05, 0) is 12.1 Å². The van der Waals surface area contributed by atoms with Crippen molar-refractivity contribution in [1.29, 1.82) is 0 Å². The van der Waals surface area contributed by atoms with E-state index in [4.69, 9.17) is 10.5 Å². The fraction of sp³-hybridized carbons (Fsp3) is 0.273. The van der Waals surface area contributed by atoms with Gasteiger partial charge in [0.25, 0.3) is 0 Å². The van der Waals surface area contributed by atoms with Crippen molar-refractivity contribution in [3.8, 4) is 0 Å². The molecule has 0 aliphatic rings. The molecule has 0 spiro atoms. The van der Waals surface area contributed by atoms with E-state index in [-0.39, 0.29) is 0 Å². The van der Waals surface area contributed by atoms with Crippen LogP contribution in [0.1, 0.15) is 0 Å². The number of anilines is 3. The van der Waals surface area contributed by atoms with Gasteiger partial charge in [0.2, 0.25) is 0 Å². The molecule has 0 saturated heterocycles. The van der Waals surface area contributed by atoms with Crippen LogP contribution in [0.4, 0.5) is 17.2 Å². The lowest BCUT2D eigenvalue weighted by atomic mass is 10.4. The molecular weight excluding hydrogens is 218 g/mol. The number of ether oxygens (including phenoxy) is 1. The highest BCUT2D eigenvalue weighted by molar-refractivity contribution is 5.67. The van der Waals surface area contributed by atoms with E-state index in [2.05, 4.69) is 15.4 Å². The predicted octanol–water partition coefficient (Wildman–Crippen LogP) is 1.25. The third kappa shape index (κ3) is 2.94. The van der Waals surface area contributed by atoms with Crippen LogP contribution in [0.15, 0.2) is 30.7 Å². The first-order valence-electron chi connectivity index (χ1n) is 5.28. The summed E-state index contributed by atoms with van der Waals surface area (Å²) in [5, 5.41) is 7.29. The number of hydrogen-bond donors (Lipinski definition) is 2. The summed E-state index contributed by atoms with van der Waals surface area (Å²) in [4.78, 5) is 4.15. The minimum atomic E-state index is 0.608. The summed E-state index contributed by atoms with van der Waals surface area (Å²) in [7, 11) is 1.66. The lowest BCUT2D eigenvalue weighted by molar-refractivity contribution is 0.183. The van der Waals surface area contributed by atoms with Crippen molar-refractivity contribution in [2.24, 2.45) is 0 Å². The molecule has 6 nitrogen and oxygen atoms in total. The van der Waals surface area contributed by atoms with Gasteiger partial charge in [0, 0.05) is 19.5 Å². The van der Waals surface area contributed by atoms with E-state index in [1.54, 1.807) is 36.3 Å². The summed E-state index contributed by atoms with van der Waals surface area (Å²) in [5.41, 5.74) is 7.24. The molecule has 0 aliphatic heterocycles. The second-order valence-corrected chi connectivity index (χ2v) is 3.55. The smallest absolute Gasteiger partial charge is 0.153 e. The van der Waals surface area contributed by atoms with Crippen molar-refractivity contribution in [3.63, 3.8) is 0 Å². The maximum atomic E-state index is 5.78. The van der Waals surface area contributed by atoms with Crippen LogP contribution in [0.3, 0.4) is 0 Å². The molecule has 0 radical (unpaired) electrons. The van der Waals surface area contributed by atoms with Gasteiger partial charge in [0.1, 0.15) is 0 Å². The number of rotatable bonds is 5. The molecule has 0 fully saturated rings. The van der Waals surface area contributed by atoms with E-state index in [9.17, 15) is 0 Å². The minimum absolute atomic E-state index is 0.608. The highest BCUT2D eigenvalue weighted by Gasteiger charge is 2.02. The summed E-state index contributed by atoms with van der Waals surface area (Å²) in [6, 6.07) is 3.59. The van der Waals surface area contributed by atoms with Crippen LogP contribution in [-0.4, -0.2) is 28.5 Å². The molecule has 0 saturated carbocycles. The maximum absolute atomic E-state index is 5.78. The van der Waals surface area contributed by atoms with E-state index in [1.807, 2.05) is 6.20 Å². The fourth-order valence-corrected chi connectivity index (χ4v) is 1.39. The number of nitrogens with one attached hydrogen (secondary N) is 1. The van der Waals surface area contributed by atoms with Gasteiger partial charge in [-0.3, -0.25) is 4.68 Å². The Balaban J connectivity index is 2.04. The van der Waals surface area contributed by atoms with E-state index in [0.29, 0.717) is 18.1 Å². The predicted molar refractivity (Wildman–Crippen MR) is 66.0 cm³/mol. The first-order valence-corrected chi connectivity index (χ1v) is 5.28. The van der Waals surface area contributed by atoms with Crippen molar-refractivity contribution in [2.75, 3.05) is 24.8 Å². The van der Waals surface area contributed by atoms with Crippen LogP contribution in [0.2, 0.25) is 0 Å². The molecular formula is C11H15N5O. The molecule has 6 heteroatoms. The molecule has 0 unspecified atom stereocenters. The number of pyridine rings is 1. The molecule has 2 aromatic heterocycles. The molecule has 0 bridgehead atoms. The van der Waals surface area contributed by atoms with E-state index in [0.717, 1.165) is 12.2 Å². The molecule has 0 aromatic carbocycles. The Morgan fingerprint density at radius 3 is 3.18 bits per heavy atom. The molecule has 0 amide bonds. The zero-order valence-electron chi connectivity index (χ0n) is 9.63. The van der Waals surface area contributed by atoms with Crippen molar-refractivity contribution >= 4 is 17.2 Å². The normalized spacial score (nSPS) is 10.4. The lowest BCUT2D eigenvalue weighted by Gasteiger charge is -2.04. The Bertz CT molecular complexity index is 482. The summed E-state index contributed by atoms with van der Waals surface area (Å²) in [6.07, 6.45) is 5.30. The molecule has 0 aliphatic carbocycles. The van der Waals surface area contributed by atoms with E-state index in [1.165, 1.54) is 0 Å². The zero-order valence-corrected chi connectivity index (χ0v) is 9.63. The first kappa shape index (κ1) is 11.4. The number of hydrogen-bond acceptors (Lipinski definition) is 5. The Morgan fingerprint density at radius 2 is 2.41 bits per heavy atom. The standard InChI is InChI=1S/C11H15N5O/c1-17-6-5-16-8-9(7-14-16)15-11-10(12)3-2-4-13-11/h2-4,7-8H,5-6,12H2,1H3,(H,13,15). The molecule has 2 aromatic rings. The van der Waals surface area contributed by atoms with Crippen LogP contribution < -0.4 is 11.1 Å². The SMILES string of the molecule is COCCn1cc(Nc2ncccc2N)cn1. The van der Waals surface area contributed by atoms with Crippen LogP contribution in [0, 0.1) is 0 Å². The highest BCUT2D eigenvalue weighted by atomic mass is 16.5. The molecule has 0 atom stereocenters. The topological polar surface area (TPSA) is 78.0 Å². The molecule has 2 heterocycles. The van der Waals surface area contributed by atoms with Crippen LogP contribution in [-0.2, 0) is 11.3 Å². The molecule has 3 N–H and O–H groups in total. The Kier molecular flexibility index (Phi) is 3.56. The zero-order chi connectivity index (χ0) is 12.1. The number of nitrogens with zero attached hydrogens (tertiary/aromatic N) is 3. The maximum Gasteiger partial charge on any atom is 0.153 e. The third-order valence-corrected chi connectivity index (χ3v) is 2.26. The molecule has 17 heavy (non-hydrogen) atoms. The second-order valence-electron chi connectivity index (χ2n) is 3.55. The summed E-state index contributed by atoms with van der Waals surface area (Å²) >= 11 is 0.